The Kier molecular flexibility index (Phi) is 3.94. The molecule has 1 saturated carbocycles. The van der Waals surface area contributed by atoms with Crippen LogP contribution < -0.4 is 9.64 Å². The molecular weight excluding hydrogens is 326 g/mol. The van der Waals surface area contributed by atoms with Crippen molar-refractivity contribution in [3.63, 3.8) is 0 Å². The van der Waals surface area contributed by atoms with Crippen molar-refractivity contribution in [3.05, 3.63) is 52.6 Å². The van der Waals surface area contributed by atoms with Crippen LogP contribution >= 0.6 is 0 Å². The fourth-order valence-electron chi connectivity index (χ4n) is 4.57. The van der Waals surface area contributed by atoms with E-state index in [1.807, 2.05) is 12.1 Å². The number of ether oxygens (including phenoxy) is 1. The van der Waals surface area contributed by atoms with E-state index in [0.29, 0.717) is 11.0 Å². The Morgan fingerprint density at radius 3 is 2.58 bits per heavy atom. The van der Waals surface area contributed by atoms with Gasteiger partial charge in [-0.15, -0.1) is 0 Å². The number of aromatic carboxylic acids is 1. The van der Waals surface area contributed by atoms with Crippen LogP contribution in [0.1, 0.15) is 46.3 Å². The maximum atomic E-state index is 11.4. The second-order valence-electron chi connectivity index (χ2n) is 7.81. The van der Waals surface area contributed by atoms with Gasteiger partial charge >= 0.3 is 5.97 Å². The number of benzene rings is 2. The number of anilines is 2. The van der Waals surface area contributed by atoms with E-state index in [9.17, 15) is 9.90 Å². The van der Waals surface area contributed by atoms with E-state index in [1.165, 1.54) is 36.1 Å². The molecule has 0 atom stereocenters. The molecule has 4 heteroatoms. The first kappa shape index (κ1) is 17.0. The van der Waals surface area contributed by atoms with E-state index < -0.39 is 5.97 Å². The van der Waals surface area contributed by atoms with Gasteiger partial charge in [-0.05, 0) is 79.5 Å². The van der Waals surface area contributed by atoms with Gasteiger partial charge in [0.25, 0.3) is 0 Å². The van der Waals surface area contributed by atoms with Crippen molar-refractivity contribution in [1.82, 2.24) is 0 Å². The van der Waals surface area contributed by atoms with Gasteiger partial charge in [-0.2, -0.15) is 0 Å². The molecule has 1 fully saturated rings. The van der Waals surface area contributed by atoms with Crippen LogP contribution in [0, 0.1) is 19.3 Å². The van der Waals surface area contributed by atoms with Crippen molar-refractivity contribution in [1.29, 1.82) is 0 Å². The highest BCUT2D eigenvalue weighted by Gasteiger charge is 2.43. The van der Waals surface area contributed by atoms with Crippen molar-refractivity contribution < 1.29 is 14.6 Å². The summed E-state index contributed by atoms with van der Waals surface area (Å²) in [5.41, 5.74) is 6.51. The van der Waals surface area contributed by atoms with Gasteiger partial charge in [0.2, 0.25) is 0 Å². The minimum absolute atomic E-state index is 0.305. The second kappa shape index (κ2) is 6.04. The molecule has 0 amide bonds. The minimum atomic E-state index is -0.884. The van der Waals surface area contributed by atoms with Gasteiger partial charge in [0, 0.05) is 17.9 Å². The second-order valence-corrected chi connectivity index (χ2v) is 7.81. The Hall–Kier alpha value is -2.49. The van der Waals surface area contributed by atoms with E-state index in [-0.39, 0.29) is 0 Å². The summed E-state index contributed by atoms with van der Waals surface area (Å²) in [7, 11) is 1.73. The summed E-state index contributed by atoms with van der Waals surface area (Å²) in [5, 5.41) is 9.39. The molecule has 4 nitrogen and oxygen atoms in total. The predicted molar refractivity (Wildman–Crippen MR) is 103 cm³/mol. The number of carbonyl (C=O) groups is 1. The lowest BCUT2D eigenvalue weighted by Crippen LogP contribution is -2.46. The van der Waals surface area contributed by atoms with Gasteiger partial charge < -0.3 is 14.7 Å². The summed E-state index contributed by atoms with van der Waals surface area (Å²) in [5.74, 6) is 0.0573. The summed E-state index contributed by atoms with van der Waals surface area (Å²) >= 11 is 0. The van der Waals surface area contributed by atoms with Gasteiger partial charge in [0.15, 0.2) is 0 Å². The van der Waals surface area contributed by atoms with Gasteiger partial charge in [-0.1, -0.05) is 12.5 Å². The van der Waals surface area contributed by atoms with E-state index in [0.717, 1.165) is 30.0 Å². The zero-order valence-electron chi connectivity index (χ0n) is 15.6. The number of fused-ring (bicyclic) bond motifs is 1. The Balaban J connectivity index is 1.89. The van der Waals surface area contributed by atoms with Crippen LogP contribution in [-0.2, 0) is 6.42 Å². The number of hydrogen-bond donors (Lipinski definition) is 1. The molecule has 26 heavy (non-hydrogen) atoms. The van der Waals surface area contributed by atoms with Crippen molar-refractivity contribution in [2.75, 3.05) is 18.6 Å². The fourth-order valence-corrected chi connectivity index (χ4v) is 4.57. The molecule has 1 spiro atoms. The number of rotatable bonds is 3. The zero-order chi connectivity index (χ0) is 18.5. The third-order valence-corrected chi connectivity index (χ3v) is 6.26. The maximum Gasteiger partial charge on any atom is 0.335 e. The Bertz CT molecular complexity index is 883. The van der Waals surface area contributed by atoms with Gasteiger partial charge in [-0.25, -0.2) is 4.79 Å². The van der Waals surface area contributed by atoms with Crippen molar-refractivity contribution in [3.8, 4) is 5.75 Å². The lowest BCUT2D eigenvalue weighted by Gasteiger charge is -2.50. The Morgan fingerprint density at radius 1 is 1.19 bits per heavy atom. The van der Waals surface area contributed by atoms with Crippen LogP contribution in [0.3, 0.4) is 0 Å². The normalized spacial score (nSPS) is 17.6. The fraction of sp³-hybridized carbons (Fsp3) is 0.409. The van der Waals surface area contributed by atoms with Crippen LogP contribution in [0.2, 0.25) is 0 Å². The standard InChI is InChI=1S/C22H25NO3/c1-14-15(2)20-17(11-19(14)26-3)12-22(8-5-9-22)13-23(20)18-7-4-6-16(10-18)21(24)25/h4,6-7,10-11H,5,8-9,12-13H2,1-3H3,(H,24,25). The average molecular weight is 351 g/mol. The third-order valence-electron chi connectivity index (χ3n) is 6.26. The molecule has 4 rings (SSSR count). The molecular formula is C22H25NO3. The van der Waals surface area contributed by atoms with E-state index >= 15 is 0 Å². The molecule has 0 bridgehead atoms. The van der Waals surface area contributed by atoms with Crippen LogP contribution in [0.5, 0.6) is 5.75 Å². The quantitative estimate of drug-likeness (QED) is 0.857. The molecule has 0 unspecified atom stereocenters. The Labute approximate surface area is 154 Å². The van der Waals surface area contributed by atoms with Gasteiger partial charge in [0.1, 0.15) is 5.75 Å². The molecule has 2 aliphatic rings. The number of nitrogens with zero attached hydrogens (tertiary/aromatic N) is 1. The molecule has 136 valence electrons. The highest BCUT2D eigenvalue weighted by Crippen LogP contribution is 2.53. The highest BCUT2D eigenvalue weighted by atomic mass is 16.5. The average Bonchev–Trinajstić information content (AvgIpc) is 2.62. The summed E-state index contributed by atoms with van der Waals surface area (Å²) < 4.78 is 5.61. The van der Waals surface area contributed by atoms with Crippen LogP contribution in [-0.4, -0.2) is 24.7 Å². The topological polar surface area (TPSA) is 49.8 Å². The minimum Gasteiger partial charge on any atom is -0.496 e. The SMILES string of the molecule is COc1cc2c(c(C)c1C)N(c1cccc(C(=O)O)c1)CC1(CCC1)C2. The van der Waals surface area contributed by atoms with Crippen LogP contribution in [0.15, 0.2) is 30.3 Å². The summed E-state index contributed by atoms with van der Waals surface area (Å²) in [4.78, 5) is 13.8. The molecule has 2 aromatic rings. The van der Waals surface area contributed by atoms with Gasteiger partial charge in [-0.3, -0.25) is 0 Å². The lowest BCUT2D eigenvalue weighted by molar-refractivity contribution is 0.0697. The van der Waals surface area contributed by atoms with Crippen molar-refractivity contribution >= 4 is 17.3 Å². The van der Waals surface area contributed by atoms with Gasteiger partial charge in [0.05, 0.1) is 12.7 Å². The molecule has 2 aromatic carbocycles. The Morgan fingerprint density at radius 2 is 1.96 bits per heavy atom. The molecule has 0 aromatic heterocycles. The summed E-state index contributed by atoms with van der Waals surface area (Å²) in [6.07, 6.45) is 4.82. The number of carboxylic acid groups (broad SMARTS) is 1. The monoisotopic (exact) mass is 351 g/mol. The molecule has 1 aliphatic carbocycles. The highest BCUT2D eigenvalue weighted by molar-refractivity contribution is 5.89. The zero-order valence-corrected chi connectivity index (χ0v) is 15.6. The van der Waals surface area contributed by atoms with Crippen LogP contribution in [0.25, 0.3) is 0 Å². The summed E-state index contributed by atoms with van der Waals surface area (Å²) in [6.45, 7) is 5.19. The van der Waals surface area contributed by atoms with E-state index in [2.05, 4.69) is 24.8 Å². The number of methoxy groups -OCH3 is 1. The molecule has 0 saturated heterocycles. The molecule has 1 N–H and O–H groups in total. The van der Waals surface area contributed by atoms with Crippen molar-refractivity contribution in [2.24, 2.45) is 5.41 Å². The first-order valence-corrected chi connectivity index (χ1v) is 9.22. The van der Waals surface area contributed by atoms with Crippen molar-refractivity contribution in [2.45, 2.75) is 39.5 Å². The number of carboxylic acids is 1. The molecule has 0 radical (unpaired) electrons. The lowest BCUT2D eigenvalue weighted by atomic mass is 9.63. The van der Waals surface area contributed by atoms with E-state index in [4.69, 9.17) is 4.74 Å². The first-order chi connectivity index (χ1) is 12.4. The largest absolute Gasteiger partial charge is 0.496 e. The number of hydrogen-bond acceptors (Lipinski definition) is 3. The third kappa shape index (κ3) is 2.56. The van der Waals surface area contributed by atoms with Crippen LogP contribution in [0.4, 0.5) is 11.4 Å². The predicted octanol–water partition coefficient (Wildman–Crippen LogP) is 4.87. The first-order valence-electron chi connectivity index (χ1n) is 9.22. The smallest absolute Gasteiger partial charge is 0.335 e. The van der Waals surface area contributed by atoms with E-state index in [1.54, 1.807) is 19.2 Å². The maximum absolute atomic E-state index is 11.4. The molecule has 1 heterocycles. The summed E-state index contributed by atoms with van der Waals surface area (Å²) in [6, 6.07) is 9.49. The molecule has 1 aliphatic heterocycles.